The number of amides is 1. The third-order valence-corrected chi connectivity index (χ3v) is 7.24. The highest BCUT2D eigenvalue weighted by Gasteiger charge is 2.25. The van der Waals surface area contributed by atoms with E-state index in [-0.39, 0.29) is 16.8 Å². The number of carbonyl (C=O) groups is 1. The predicted octanol–water partition coefficient (Wildman–Crippen LogP) is 2.68. The molecule has 0 radical (unpaired) electrons. The zero-order valence-corrected chi connectivity index (χ0v) is 17.4. The molecule has 1 saturated heterocycles. The molecule has 0 atom stereocenters. The lowest BCUT2D eigenvalue weighted by atomic mass is 10.1. The summed E-state index contributed by atoms with van der Waals surface area (Å²) in [5, 5.41) is 0. The van der Waals surface area contributed by atoms with Crippen LogP contribution in [-0.2, 0) is 10.0 Å². The van der Waals surface area contributed by atoms with Crippen LogP contribution in [0.15, 0.2) is 59.5 Å². The highest BCUT2D eigenvalue weighted by molar-refractivity contribution is 7.89. The van der Waals surface area contributed by atoms with E-state index in [0.29, 0.717) is 18.7 Å². The van der Waals surface area contributed by atoms with E-state index < -0.39 is 10.0 Å². The van der Waals surface area contributed by atoms with Crippen LogP contribution in [0.4, 0.5) is 5.69 Å². The maximum absolute atomic E-state index is 12.8. The summed E-state index contributed by atoms with van der Waals surface area (Å²) in [6.07, 6.45) is 0. The Hall–Kier alpha value is -2.38. The summed E-state index contributed by atoms with van der Waals surface area (Å²) >= 11 is 0. The van der Waals surface area contributed by atoms with Gasteiger partial charge in [0, 0.05) is 50.5 Å². The topological polar surface area (TPSA) is 60.9 Å². The highest BCUT2D eigenvalue weighted by Crippen LogP contribution is 2.20. The zero-order valence-electron chi connectivity index (χ0n) is 16.6. The van der Waals surface area contributed by atoms with Gasteiger partial charge in [-0.1, -0.05) is 18.2 Å². The van der Waals surface area contributed by atoms with Crippen molar-refractivity contribution in [1.29, 1.82) is 0 Å². The lowest BCUT2D eigenvalue weighted by Crippen LogP contribution is -2.48. The Kier molecular flexibility index (Phi) is 6.05. The van der Waals surface area contributed by atoms with Crippen molar-refractivity contribution in [3.05, 3.63) is 60.2 Å². The molecule has 1 aliphatic rings. The first-order chi connectivity index (χ1) is 13.3. The molecule has 7 heteroatoms. The fourth-order valence-corrected chi connectivity index (χ4v) is 4.57. The van der Waals surface area contributed by atoms with Crippen molar-refractivity contribution < 1.29 is 13.2 Å². The zero-order chi connectivity index (χ0) is 20.3. The van der Waals surface area contributed by atoms with E-state index in [9.17, 15) is 13.2 Å². The largest absolute Gasteiger partial charge is 0.368 e. The monoisotopic (exact) mass is 401 g/mol. The van der Waals surface area contributed by atoms with Gasteiger partial charge in [-0.25, -0.2) is 8.42 Å². The maximum atomic E-state index is 12.8. The second-order valence-corrected chi connectivity index (χ2v) is 9.25. The lowest BCUT2D eigenvalue weighted by molar-refractivity contribution is 0.0746. The number of rotatable bonds is 5. The number of carbonyl (C=O) groups excluding carboxylic acids is 1. The average molecular weight is 402 g/mol. The van der Waals surface area contributed by atoms with Crippen LogP contribution < -0.4 is 4.90 Å². The van der Waals surface area contributed by atoms with E-state index in [2.05, 4.69) is 17.0 Å². The van der Waals surface area contributed by atoms with Crippen LogP contribution in [0, 0.1) is 0 Å². The number of anilines is 1. The van der Waals surface area contributed by atoms with Crippen molar-refractivity contribution in [3.8, 4) is 0 Å². The van der Waals surface area contributed by atoms with Crippen LogP contribution in [-0.4, -0.2) is 62.8 Å². The maximum Gasteiger partial charge on any atom is 0.253 e. The molecule has 0 bridgehead atoms. The van der Waals surface area contributed by atoms with Gasteiger partial charge in [0.25, 0.3) is 5.91 Å². The van der Waals surface area contributed by atoms with Crippen LogP contribution in [0.5, 0.6) is 0 Å². The molecule has 1 amide bonds. The summed E-state index contributed by atoms with van der Waals surface area (Å²) < 4.78 is 26.4. The molecule has 0 aromatic heterocycles. The normalized spacial score (nSPS) is 15.3. The third kappa shape index (κ3) is 4.20. The molecule has 2 aromatic carbocycles. The minimum absolute atomic E-state index is 0.0612. The molecule has 3 rings (SSSR count). The molecule has 28 heavy (non-hydrogen) atoms. The Morgan fingerprint density at radius 2 is 1.50 bits per heavy atom. The molecule has 0 saturated carbocycles. The minimum atomic E-state index is -3.54. The molecule has 2 aromatic rings. The number of para-hydroxylation sites is 1. The van der Waals surface area contributed by atoms with Crippen molar-refractivity contribution in [1.82, 2.24) is 9.21 Å². The first-order valence-corrected chi connectivity index (χ1v) is 10.9. The molecule has 0 aliphatic carbocycles. The number of hydrogen-bond donors (Lipinski definition) is 0. The molecule has 0 N–H and O–H groups in total. The Bertz CT molecular complexity index is 904. The summed E-state index contributed by atoms with van der Waals surface area (Å²) in [5.74, 6) is -0.0612. The second-order valence-electron chi connectivity index (χ2n) is 7.25. The average Bonchev–Trinajstić information content (AvgIpc) is 2.73. The summed E-state index contributed by atoms with van der Waals surface area (Å²) in [6, 6.07) is 16.3. The van der Waals surface area contributed by atoms with E-state index >= 15 is 0 Å². The van der Waals surface area contributed by atoms with Crippen LogP contribution in [0.2, 0.25) is 0 Å². The molecule has 0 spiro atoms. The number of hydrogen-bond acceptors (Lipinski definition) is 4. The van der Waals surface area contributed by atoms with Gasteiger partial charge in [-0.2, -0.15) is 4.31 Å². The van der Waals surface area contributed by atoms with Crippen molar-refractivity contribution in [2.75, 3.05) is 38.1 Å². The summed E-state index contributed by atoms with van der Waals surface area (Å²) in [7, 11) is -1.98. The Morgan fingerprint density at radius 3 is 2.04 bits per heavy atom. The standard InChI is InChI=1S/C21H27N3O3S/c1-17(2)22(3)28(26,27)20-11-9-18(10-12-20)21(25)24-15-13-23(14-16-24)19-7-5-4-6-8-19/h4-12,17H,13-16H2,1-3H3. The Balaban J connectivity index is 1.66. The Labute approximate surface area is 167 Å². The van der Waals surface area contributed by atoms with E-state index in [1.165, 1.54) is 22.1 Å². The van der Waals surface area contributed by atoms with Gasteiger partial charge in [0.15, 0.2) is 0 Å². The van der Waals surface area contributed by atoms with E-state index in [1.807, 2.05) is 36.9 Å². The molecule has 1 fully saturated rings. The first kappa shape index (κ1) is 20.4. The molecule has 150 valence electrons. The minimum Gasteiger partial charge on any atom is -0.368 e. The molecule has 6 nitrogen and oxygen atoms in total. The van der Waals surface area contributed by atoms with Crippen molar-refractivity contribution >= 4 is 21.6 Å². The van der Waals surface area contributed by atoms with Gasteiger partial charge in [0.1, 0.15) is 0 Å². The fraction of sp³-hybridized carbons (Fsp3) is 0.381. The van der Waals surface area contributed by atoms with Gasteiger partial charge in [0.2, 0.25) is 10.0 Å². The number of piperazine rings is 1. The van der Waals surface area contributed by atoms with Gasteiger partial charge in [-0.05, 0) is 50.2 Å². The summed E-state index contributed by atoms with van der Waals surface area (Å²) in [4.78, 5) is 17.1. The van der Waals surface area contributed by atoms with Crippen molar-refractivity contribution in [3.63, 3.8) is 0 Å². The Morgan fingerprint density at radius 1 is 0.929 bits per heavy atom. The smallest absolute Gasteiger partial charge is 0.253 e. The van der Waals surface area contributed by atoms with Crippen LogP contribution in [0.25, 0.3) is 0 Å². The lowest BCUT2D eigenvalue weighted by Gasteiger charge is -2.36. The predicted molar refractivity (Wildman–Crippen MR) is 111 cm³/mol. The van der Waals surface area contributed by atoms with Crippen LogP contribution in [0.1, 0.15) is 24.2 Å². The van der Waals surface area contributed by atoms with Crippen LogP contribution in [0.3, 0.4) is 0 Å². The van der Waals surface area contributed by atoms with E-state index in [0.717, 1.165) is 13.1 Å². The fourth-order valence-electron chi connectivity index (χ4n) is 3.20. The highest BCUT2D eigenvalue weighted by atomic mass is 32.2. The van der Waals surface area contributed by atoms with Gasteiger partial charge in [-0.3, -0.25) is 4.79 Å². The number of sulfonamides is 1. The van der Waals surface area contributed by atoms with Crippen molar-refractivity contribution in [2.45, 2.75) is 24.8 Å². The third-order valence-electron chi connectivity index (χ3n) is 5.19. The number of nitrogens with zero attached hydrogens (tertiary/aromatic N) is 3. The van der Waals surface area contributed by atoms with E-state index in [4.69, 9.17) is 0 Å². The summed E-state index contributed by atoms with van der Waals surface area (Å²) in [6.45, 7) is 6.49. The van der Waals surface area contributed by atoms with Crippen molar-refractivity contribution in [2.24, 2.45) is 0 Å². The number of benzene rings is 2. The molecular weight excluding hydrogens is 374 g/mol. The second kappa shape index (κ2) is 8.32. The summed E-state index contributed by atoms with van der Waals surface area (Å²) in [5.41, 5.74) is 1.68. The van der Waals surface area contributed by atoms with Gasteiger partial charge >= 0.3 is 0 Å². The molecular formula is C21H27N3O3S. The van der Waals surface area contributed by atoms with Gasteiger partial charge in [0.05, 0.1) is 4.90 Å². The molecule has 1 heterocycles. The molecule has 0 unspecified atom stereocenters. The van der Waals surface area contributed by atoms with Crippen LogP contribution >= 0.6 is 0 Å². The SMILES string of the molecule is CC(C)N(C)S(=O)(=O)c1ccc(C(=O)N2CCN(c3ccccc3)CC2)cc1. The first-order valence-electron chi connectivity index (χ1n) is 9.48. The van der Waals surface area contributed by atoms with E-state index in [1.54, 1.807) is 19.2 Å². The molecule has 1 aliphatic heterocycles. The quantitative estimate of drug-likeness (QED) is 0.773. The van der Waals surface area contributed by atoms with Gasteiger partial charge in [-0.15, -0.1) is 0 Å². The van der Waals surface area contributed by atoms with Gasteiger partial charge < -0.3 is 9.80 Å².